The van der Waals surface area contributed by atoms with Gasteiger partial charge in [-0.3, -0.25) is 14.5 Å². The van der Waals surface area contributed by atoms with Crippen LogP contribution in [-0.2, 0) is 9.59 Å². The van der Waals surface area contributed by atoms with Gasteiger partial charge >= 0.3 is 12.3 Å². The number of carbonyl (C=O) groups excluding carboxylic acids is 2. The van der Waals surface area contributed by atoms with Crippen LogP contribution in [0.2, 0.25) is 0 Å². The first kappa shape index (κ1) is 24.5. The number of amides is 1. The minimum atomic E-state index is -4.86. The highest BCUT2D eigenvalue weighted by atomic mass is 32.1. The SMILES string of the molecule is Cc1cnc(N2C(=O)C(=O)C(=C(O)c3ccc(C(C)C)cc3)C2c2ccc(OC(F)(F)F)cc2)s1. The number of anilines is 1. The molecule has 1 amide bonds. The molecule has 0 bridgehead atoms. The molecule has 1 unspecified atom stereocenters. The Morgan fingerprint density at radius 1 is 1.09 bits per heavy atom. The van der Waals surface area contributed by atoms with Crippen molar-refractivity contribution < 1.29 is 32.6 Å². The number of aromatic nitrogens is 1. The van der Waals surface area contributed by atoms with Crippen LogP contribution in [0.3, 0.4) is 0 Å². The molecule has 1 N–H and O–H groups in total. The zero-order valence-corrected chi connectivity index (χ0v) is 19.8. The fourth-order valence-electron chi connectivity index (χ4n) is 3.83. The molecule has 3 aromatic rings. The van der Waals surface area contributed by atoms with Crippen molar-refractivity contribution >= 4 is 33.9 Å². The summed E-state index contributed by atoms with van der Waals surface area (Å²) in [6, 6.07) is 10.7. The Labute approximate surface area is 203 Å². The molecule has 1 aliphatic heterocycles. The number of benzene rings is 2. The smallest absolute Gasteiger partial charge is 0.507 e. The van der Waals surface area contributed by atoms with Gasteiger partial charge in [-0.15, -0.1) is 24.5 Å². The third kappa shape index (κ3) is 4.93. The third-order valence-corrected chi connectivity index (χ3v) is 6.45. The van der Waals surface area contributed by atoms with E-state index in [-0.39, 0.29) is 22.4 Å². The van der Waals surface area contributed by atoms with E-state index in [0.717, 1.165) is 27.5 Å². The number of nitrogens with zero attached hydrogens (tertiary/aromatic N) is 2. The Kier molecular flexibility index (Phi) is 6.42. The molecule has 6 nitrogen and oxygen atoms in total. The topological polar surface area (TPSA) is 79.7 Å². The van der Waals surface area contributed by atoms with Crippen LogP contribution in [0.4, 0.5) is 18.3 Å². The van der Waals surface area contributed by atoms with Crippen LogP contribution in [0.5, 0.6) is 5.75 Å². The first-order valence-corrected chi connectivity index (χ1v) is 11.5. The molecule has 1 aromatic heterocycles. The maximum atomic E-state index is 13.1. The molecule has 0 radical (unpaired) electrons. The van der Waals surface area contributed by atoms with Crippen molar-refractivity contribution in [2.45, 2.75) is 39.1 Å². The second-order valence-electron chi connectivity index (χ2n) is 8.32. The van der Waals surface area contributed by atoms with Crippen LogP contribution in [0, 0.1) is 6.92 Å². The molecule has 0 saturated carbocycles. The number of alkyl halides is 3. The predicted molar refractivity (Wildman–Crippen MR) is 125 cm³/mol. The van der Waals surface area contributed by atoms with E-state index in [0.29, 0.717) is 11.1 Å². The summed E-state index contributed by atoms with van der Waals surface area (Å²) in [6.07, 6.45) is -3.32. The van der Waals surface area contributed by atoms with Gasteiger partial charge in [0.15, 0.2) is 5.13 Å². The number of thiazole rings is 1. The van der Waals surface area contributed by atoms with Crippen LogP contribution in [0.15, 0.2) is 60.3 Å². The summed E-state index contributed by atoms with van der Waals surface area (Å²) in [7, 11) is 0. The molecule has 1 atom stereocenters. The van der Waals surface area contributed by atoms with Gasteiger partial charge in [-0.1, -0.05) is 50.2 Å². The number of ketones is 1. The van der Waals surface area contributed by atoms with Gasteiger partial charge in [0.1, 0.15) is 11.5 Å². The van der Waals surface area contributed by atoms with Gasteiger partial charge in [0.25, 0.3) is 5.78 Å². The average molecular weight is 503 g/mol. The summed E-state index contributed by atoms with van der Waals surface area (Å²) >= 11 is 1.18. The number of Topliss-reactive ketones (excluding diaryl/α,β-unsaturated/α-hetero) is 1. The number of aryl methyl sites for hydroxylation is 1. The minimum Gasteiger partial charge on any atom is -0.507 e. The highest BCUT2D eigenvalue weighted by Crippen LogP contribution is 2.43. The number of carbonyl (C=O) groups is 2. The van der Waals surface area contributed by atoms with Crippen molar-refractivity contribution in [3.8, 4) is 5.75 Å². The summed E-state index contributed by atoms with van der Waals surface area (Å²) in [6.45, 7) is 5.82. The maximum Gasteiger partial charge on any atom is 0.573 e. The van der Waals surface area contributed by atoms with Crippen molar-refractivity contribution in [1.29, 1.82) is 0 Å². The van der Waals surface area contributed by atoms with Gasteiger partial charge in [0.05, 0.1) is 11.6 Å². The van der Waals surface area contributed by atoms with Crippen LogP contribution < -0.4 is 9.64 Å². The van der Waals surface area contributed by atoms with Gasteiger partial charge < -0.3 is 9.84 Å². The average Bonchev–Trinajstić information content (AvgIpc) is 3.33. The third-order valence-electron chi connectivity index (χ3n) is 5.54. The van der Waals surface area contributed by atoms with Gasteiger partial charge in [0.2, 0.25) is 0 Å². The molecule has 35 heavy (non-hydrogen) atoms. The predicted octanol–water partition coefficient (Wildman–Crippen LogP) is 6.10. The van der Waals surface area contributed by atoms with Gasteiger partial charge in [-0.05, 0) is 36.1 Å². The Balaban J connectivity index is 1.84. The van der Waals surface area contributed by atoms with E-state index in [9.17, 15) is 27.9 Å². The molecule has 0 aliphatic carbocycles. The van der Waals surface area contributed by atoms with Crippen LogP contribution in [-0.4, -0.2) is 28.1 Å². The van der Waals surface area contributed by atoms with Gasteiger partial charge in [-0.25, -0.2) is 4.98 Å². The van der Waals surface area contributed by atoms with E-state index in [2.05, 4.69) is 9.72 Å². The van der Waals surface area contributed by atoms with Crippen LogP contribution >= 0.6 is 11.3 Å². The molecule has 2 heterocycles. The molecule has 10 heteroatoms. The lowest BCUT2D eigenvalue weighted by molar-refractivity contribution is -0.274. The Hall–Kier alpha value is -3.66. The summed E-state index contributed by atoms with van der Waals surface area (Å²) in [5.41, 5.74) is 1.50. The fourth-order valence-corrected chi connectivity index (χ4v) is 4.62. The zero-order valence-electron chi connectivity index (χ0n) is 19.0. The zero-order chi connectivity index (χ0) is 25.5. The van der Waals surface area contributed by atoms with Crippen molar-refractivity contribution in [1.82, 2.24) is 4.98 Å². The van der Waals surface area contributed by atoms with Gasteiger partial charge in [-0.2, -0.15) is 0 Å². The molecule has 1 aliphatic rings. The number of aliphatic hydroxyl groups excluding tert-OH is 1. The number of ether oxygens (including phenoxy) is 1. The normalized spacial score (nSPS) is 17.9. The first-order chi connectivity index (χ1) is 16.5. The van der Waals surface area contributed by atoms with E-state index in [1.807, 2.05) is 26.0 Å². The molecular weight excluding hydrogens is 481 g/mol. The largest absolute Gasteiger partial charge is 0.573 e. The number of aliphatic hydroxyl groups is 1. The highest BCUT2D eigenvalue weighted by Gasteiger charge is 2.48. The fraction of sp³-hybridized carbons (Fsp3) is 0.240. The summed E-state index contributed by atoms with van der Waals surface area (Å²) in [4.78, 5) is 32.4. The van der Waals surface area contributed by atoms with Crippen molar-refractivity contribution in [2.75, 3.05) is 4.90 Å². The van der Waals surface area contributed by atoms with Crippen molar-refractivity contribution in [3.63, 3.8) is 0 Å². The minimum absolute atomic E-state index is 0.176. The molecule has 1 fully saturated rings. The lowest BCUT2D eigenvalue weighted by atomic mass is 9.94. The monoisotopic (exact) mass is 502 g/mol. The number of rotatable bonds is 5. The van der Waals surface area contributed by atoms with E-state index in [1.54, 1.807) is 25.3 Å². The Morgan fingerprint density at radius 2 is 1.71 bits per heavy atom. The number of hydrogen-bond acceptors (Lipinski definition) is 6. The van der Waals surface area contributed by atoms with E-state index < -0.39 is 29.8 Å². The summed E-state index contributed by atoms with van der Waals surface area (Å²) < 4.78 is 41.7. The Bertz CT molecular complexity index is 1300. The highest BCUT2D eigenvalue weighted by molar-refractivity contribution is 7.15. The lowest BCUT2D eigenvalue weighted by Gasteiger charge is -2.23. The second kappa shape index (κ2) is 9.18. The standard InChI is InChI=1S/C25H21F3N2O4S/c1-13(2)15-4-6-17(7-5-15)21(31)19-20(16-8-10-18(11-9-16)34-25(26,27)28)30(23(33)22(19)32)24-29-12-14(3)35-24/h4-13,20,31H,1-3H3. The quantitative estimate of drug-likeness (QED) is 0.259. The molecule has 0 spiro atoms. The second-order valence-corrected chi connectivity index (χ2v) is 9.53. The summed E-state index contributed by atoms with van der Waals surface area (Å²) in [5.74, 6) is -2.38. The number of hydrogen-bond donors (Lipinski definition) is 1. The molecule has 4 rings (SSSR count). The molecule has 182 valence electrons. The maximum absolute atomic E-state index is 13.1. The van der Waals surface area contributed by atoms with Crippen LogP contribution in [0.25, 0.3) is 5.76 Å². The number of halogens is 3. The molecular formula is C25H21F3N2O4S. The first-order valence-electron chi connectivity index (χ1n) is 10.7. The molecule has 1 saturated heterocycles. The van der Waals surface area contributed by atoms with E-state index in [1.165, 1.54) is 23.5 Å². The van der Waals surface area contributed by atoms with Gasteiger partial charge in [0, 0.05) is 16.6 Å². The summed E-state index contributed by atoms with van der Waals surface area (Å²) in [5, 5.41) is 11.4. The lowest BCUT2D eigenvalue weighted by Crippen LogP contribution is -2.29. The van der Waals surface area contributed by atoms with Crippen molar-refractivity contribution in [3.05, 3.63) is 81.9 Å². The van der Waals surface area contributed by atoms with E-state index in [4.69, 9.17) is 0 Å². The van der Waals surface area contributed by atoms with E-state index >= 15 is 0 Å². The Morgan fingerprint density at radius 3 is 2.23 bits per heavy atom. The van der Waals surface area contributed by atoms with Crippen LogP contribution in [0.1, 0.15) is 47.4 Å². The van der Waals surface area contributed by atoms with Crippen molar-refractivity contribution in [2.24, 2.45) is 0 Å². The molecule has 2 aromatic carbocycles.